The number of hydrogen-bond acceptors (Lipinski definition) is 9. The molecule has 0 aliphatic carbocycles. The summed E-state index contributed by atoms with van der Waals surface area (Å²) < 4.78 is 16.6. The van der Waals surface area contributed by atoms with Gasteiger partial charge in [0.05, 0.1) is 23.6 Å². The van der Waals surface area contributed by atoms with Crippen LogP contribution in [0.3, 0.4) is 0 Å². The van der Waals surface area contributed by atoms with Gasteiger partial charge in [-0.05, 0) is 38.2 Å². The number of nitrogens with two attached hydrogens (primary N) is 1. The van der Waals surface area contributed by atoms with Crippen LogP contribution in [0.1, 0.15) is 39.7 Å². The van der Waals surface area contributed by atoms with Crippen LogP contribution in [-0.2, 0) is 25.4 Å². The van der Waals surface area contributed by atoms with Crippen molar-refractivity contribution in [1.29, 1.82) is 0 Å². The maximum absolute atomic E-state index is 13.0. The number of nitrogens with one attached hydrogen (secondary N) is 2. The molecule has 2 amide bonds. The number of anilines is 2. The molecule has 0 saturated heterocycles. The molecule has 11 nitrogen and oxygen atoms in total. The highest BCUT2D eigenvalue weighted by molar-refractivity contribution is 6.04. The summed E-state index contributed by atoms with van der Waals surface area (Å²) in [6.45, 7) is 11.1. The average Bonchev–Trinajstić information content (AvgIpc) is 2.94. The van der Waals surface area contributed by atoms with Crippen molar-refractivity contribution < 1.29 is 39.1 Å². The molecule has 1 aromatic carbocycles. The van der Waals surface area contributed by atoms with Crippen molar-refractivity contribution >= 4 is 23.4 Å². The van der Waals surface area contributed by atoms with Crippen molar-refractivity contribution in [2.75, 3.05) is 31.4 Å². The number of hydrogen-bond donors (Lipinski definition) is 6. The Hall–Kier alpha value is -3.80. The molecule has 2 bridgehead atoms. The van der Waals surface area contributed by atoms with Crippen molar-refractivity contribution in [2.45, 2.75) is 65.0 Å². The van der Waals surface area contributed by atoms with Gasteiger partial charge in [0.2, 0.25) is 0 Å². The second kappa shape index (κ2) is 16.0. The van der Waals surface area contributed by atoms with Crippen molar-refractivity contribution in [1.82, 2.24) is 0 Å². The Morgan fingerprint density at radius 3 is 2.52 bits per heavy atom. The molecule has 2 rings (SSSR count). The van der Waals surface area contributed by atoms with E-state index in [9.17, 15) is 24.9 Å². The fourth-order valence-electron chi connectivity index (χ4n) is 4.98. The Bertz CT molecular complexity index is 1210. The Morgan fingerprint density at radius 2 is 1.93 bits per heavy atom. The smallest absolute Gasteiger partial charge is 0.405 e. The van der Waals surface area contributed by atoms with Gasteiger partial charge in [0.15, 0.2) is 6.10 Å². The maximum atomic E-state index is 13.0. The van der Waals surface area contributed by atoms with Crippen LogP contribution in [0.15, 0.2) is 54.2 Å². The van der Waals surface area contributed by atoms with E-state index >= 15 is 0 Å². The largest absolute Gasteiger partial charge is 0.506 e. The molecular weight excluding hydrogens is 542 g/mol. The number of phenolic OH excluding ortho intramolecular Hbond substituents is 2. The number of allylic oxidation sites excluding steroid dienone is 2. The predicted molar refractivity (Wildman–Crippen MR) is 162 cm³/mol. The van der Waals surface area contributed by atoms with Gasteiger partial charge in [0.1, 0.15) is 17.6 Å². The maximum Gasteiger partial charge on any atom is 0.405 e. The summed E-state index contributed by atoms with van der Waals surface area (Å²) in [4.78, 5) is 24.7. The number of methoxy groups -OCH3 is 2. The van der Waals surface area contributed by atoms with Gasteiger partial charge in [0, 0.05) is 43.9 Å². The zero-order valence-corrected chi connectivity index (χ0v) is 25.2. The topological polar surface area (TPSA) is 173 Å². The van der Waals surface area contributed by atoms with Gasteiger partial charge >= 0.3 is 6.09 Å². The van der Waals surface area contributed by atoms with Crippen LogP contribution in [0.2, 0.25) is 0 Å². The molecule has 0 aromatic heterocycles. The number of aliphatic hydroxyl groups excluding tert-OH is 1. The third kappa shape index (κ3) is 9.10. The normalized spacial score (nSPS) is 26.0. The number of amides is 2. The highest BCUT2D eigenvalue weighted by Crippen LogP contribution is 2.42. The van der Waals surface area contributed by atoms with E-state index in [1.54, 1.807) is 38.2 Å². The third-order valence-electron chi connectivity index (χ3n) is 7.25. The lowest BCUT2D eigenvalue weighted by Gasteiger charge is -2.29. The van der Waals surface area contributed by atoms with E-state index in [1.807, 2.05) is 13.8 Å². The van der Waals surface area contributed by atoms with E-state index in [2.05, 4.69) is 17.2 Å². The van der Waals surface area contributed by atoms with E-state index in [0.29, 0.717) is 41.8 Å². The van der Waals surface area contributed by atoms with Gasteiger partial charge in [-0.3, -0.25) is 4.79 Å². The number of aliphatic hydroxyl groups is 1. The number of carbonyl (C=O) groups is 2. The molecule has 0 fully saturated rings. The number of rotatable bonds is 6. The summed E-state index contributed by atoms with van der Waals surface area (Å²) >= 11 is 0. The first-order chi connectivity index (χ1) is 19.8. The number of fused-ring (bicyclic) bond motifs is 2. The number of aromatic hydroxyl groups is 2. The van der Waals surface area contributed by atoms with Gasteiger partial charge in [-0.1, -0.05) is 44.2 Å². The summed E-state index contributed by atoms with van der Waals surface area (Å²) in [5, 5.41) is 39.1. The summed E-state index contributed by atoms with van der Waals surface area (Å²) in [5.74, 6) is -1.41. The first-order valence-electron chi connectivity index (χ1n) is 13.8. The molecule has 232 valence electrons. The van der Waals surface area contributed by atoms with Crippen molar-refractivity contribution in [2.24, 2.45) is 17.6 Å². The van der Waals surface area contributed by atoms with Crippen molar-refractivity contribution in [3.05, 3.63) is 59.7 Å². The van der Waals surface area contributed by atoms with Crippen LogP contribution in [0.5, 0.6) is 11.5 Å². The molecule has 1 aliphatic rings. The Kier molecular flexibility index (Phi) is 13.1. The molecule has 42 heavy (non-hydrogen) atoms. The zero-order chi connectivity index (χ0) is 31.6. The summed E-state index contributed by atoms with van der Waals surface area (Å²) in [7, 11) is 2.95. The van der Waals surface area contributed by atoms with Crippen molar-refractivity contribution in [3.63, 3.8) is 0 Å². The first-order valence-corrected chi connectivity index (χ1v) is 13.8. The Balaban J connectivity index is 2.67. The molecule has 1 aliphatic heterocycles. The SMILES string of the molecule is C=CCNc1c(O)cc2c(O)c1CC(C)CC(OC)C(O)C(C)C=C(C)C(OC(N)=O)C(OC)C=CC=C(C)C(=O)N2. The molecule has 7 N–H and O–H groups in total. The monoisotopic (exact) mass is 587 g/mol. The molecule has 0 radical (unpaired) electrons. The van der Waals surface area contributed by atoms with Crippen LogP contribution in [0.25, 0.3) is 0 Å². The molecule has 0 spiro atoms. The van der Waals surface area contributed by atoms with E-state index in [0.717, 1.165) is 0 Å². The average molecular weight is 588 g/mol. The number of primary amides is 1. The van der Waals surface area contributed by atoms with Gasteiger partial charge in [-0.25, -0.2) is 4.79 Å². The Morgan fingerprint density at radius 1 is 1.24 bits per heavy atom. The van der Waals surface area contributed by atoms with E-state index in [-0.39, 0.29) is 23.1 Å². The molecular formula is C31H45N3O8. The van der Waals surface area contributed by atoms with Crippen LogP contribution >= 0.6 is 0 Å². The number of carbonyl (C=O) groups excluding carboxylic acids is 2. The number of phenols is 2. The molecule has 0 saturated carbocycles. The second-order valence-corrected chi connectivity index (χ2v) is 10.6. The molecule has 6 atom stereocenters. The van der Waals surface area contributed by atoms with Gasteiger partial charge in [-0.15, -0.1) is 6.58 Å². The highest BCUT2D eigenvalue weighted by atomic mass is 16.6. The summed E-state index contributed by atoms with van der Waals surface area (Å²) in [6.07, 6.45) is 4.64. The fraction of sp³-hybridized carbons (Fsp3) is 0.484. The zero-order valence-electron chi connectivity index (χ0n) is 25.2. The van der Waals surface area contributed by atoms with Crippen LogP contribution in [0, 0.1) is 11.8 Å². The van der Waals surface area contributed by atoms with Crippen LogP contribution in [0.4, 0.5) is 16.2 Å². The third-order valence-corrected chi connectivity index (χ3v) is 7.25. The van der Waals surface area contributed by atoms with Crippen molar-refractivity contribution in [3.8, 4) is 11.5 Å². The number of benzene rings is 1. The van der Waals surface area contributed by atoms with Gasteiger partial charge in [0.25, 0.3) is 5.91 Å². The predicted octanol–water partition coefficient (Wildman–Crippen LogP) is 4.16. The molecule has 6 unspecified atom stereocenters. The highest BCUT2D eigenvalue weighted by Gasteiger charge is 2.30. The van der Waals surface area contributed by atoms with Crippen LogP contribution in [-0.4, -0.2) is 72.5 Å². The molecule has 1 aromatic rings. The minimum atomic E-state index is -0.990. The fourth-order valence-corrected chi connectivity index (χ4v) is 4.98. The van der Waals surface area contributed by atoms with Gasteiger partial charge in [-0.2, -0.15) is 0 Å². The Labute approximate surface area is 247 Å². The van der Waals surface area contributed by atoms with Crippen LogP contribution < -0.4 is 16.4 Å². The lowest BCUT2D eigenvalue weighted by molar-refractivity contribution is -0.112. The lowest BCUT2D eigenvalue weighted by Crippen LogP contribution is -2.37. The second-order valence-electron chi connectivity index (χ2n) is 10.6. The lowest BCUT2D eigenvalue weighted by atomic mass is 9.87. The van der Waals surface area contributed by atoms with E-state index in [4.69, 9.17) is 19.9 Å². The first kappa shape index (κ1) is 34.4. The van der Waals surface area contributed by atoms with Gasteiger partial charge < -0.3 is 45.9 Å². The standard InChI is InChI=1S/C31H45N3O8/c1-8-12-33-26-21-13-17(2)14-25(41-7)27(36)19(4)15-20(5)29(42-31(32)39)24(40-6)11-9-10-18(3)30(38)34-22(28(21)37)16-23(26)35/h8-11,15-17,19,24-25,27,29,33,35-37H,1,12-14H2,2-7H3,(H2,32,39)(H,34,38). The summed E-state index contributed by atoms with van der Waals surface area (Å²) in [5.41, 5.74) is 7.01. The molecule has 1 heterocycles. The number of ether oxygens (including phenoxy) is 3. The molecule has 11 heteroatoms. The summed E-state index contributed by atoms with van der Waals surface area (Å²) in [6, 6.07) is 1.28. The van der Waals surface area contributed by atoms with E-state index < -0.39 is 42.3 Å². The van der Waals surface area contributed by atoms with E-state index in [1.165, 1.54) is 26.4 Å². The minimum absolute atomic E-state index is 0.0416. The quantitative estimate of drug-likeness (QED) is 0.162. The minimum Gasteiger partial charge on any atom is -0.506 e.